The third-order valence-electron chi connectivity index (χ3n) is 4.04. The van der Waals surface area contributed by atoms with Gasteiger partial charge < -0.3 is 14.8 Å². The summed E-state index contributed by atoms with van der Waals surface area (Å²) < 4.78 is 12.3. The third kappa shape index (κ3) is 4.08. The predicted octanol–water partition coefficient (Wildman–Crippen LogP) is 3.68. The molecule has 7 nitrogen and oxygen atoms in total. The van der Waals surface area contributed by atoms with Gasteiger partial charge in [0.05, 0.1) is 32.3 Å². The second kappa shape index (κ2) is 7.90. The molecule has 0 aliphatic heterocycles. The lowest BCUT2D eigenvalue weighted by molar-refractivity contribution is -0.111. The number of pyridine rings is 1. The van der Waals surface area contributed by atoms with Gasteiger partial charge in [-0.2, -0.15) is 5.10 Å². The van der Waals surface area contributed by atoms with E-state index in [4.69, 9.17) is 9.47 Å². The van der Waals surface area contributed by atoms with Gasteiger partial charge in [0, 0.05) is 29.1 Å². The van der Waals surface area contributed by atoms with Gasteiger partial charge in [0.25, 0.3) is 0 Å². The molecule has 27 heavy (non-hydrogen) atoms. The molecule has 1 amide bonds. The van der Waals surface area contributed by atoms with E-state index in [1.807, 2.05) is 36.7 Å². The average Bonchev–Trinajstić information content (AvgIpc) is 3.09. The maximum absolute atomic E-state index is 12.2. The van der Waals surface area contributed by atoms with E-state index in [0.29, 0.717) is 17.2 Å². The highest BCUT2D eigenvalue weighted by Crippen LogP contribution is 2.25. The SMILES string of the molecule is COc1ccc(/C=C/C(=O)Nc2cnc3c(cnn3C(C)C)c2)c(OC)c1. The lowest BCUT2D eigenvalue weighted by Crippen LogP contribution is -2.08. The van der Waals surface area contributed by atoms with Gasteiger partial charge in [0.2, 0.25) is 5.91 Å². The molecule has 7 heteroatoms. The number of amides is 1. The van der Waals surface area contributed by atoms with E-state index >= 15 is 0 Å². The van der Waals surface area contributed by atoms with Gasteiger partial charge >= 0.3 is 0 Å². The Kier molecular flexibility index (Phi) is 5.40. The number of ether oxygens (including phenoxy) is 2. The molecule has 0 saturated heterocycles. The number of hydrogen-bond donors (Lipinski definition) is 1. The molecule has 0 spiro atoms. The Balaban J connectivity index is 1.74. The molecule has 3 aromatic rings. The minimum Gasteiger partial charge on any atom is -0.497 e. The first-order valence-electron chi connectivity index (χ1n) is 8.56. The first kappa shape index (κ1) is 18.4. The molecule has 0 saturated carbocycles. The summed E-state index contributed by atoms with van der Waals surface area (Å²) in [4.78, 5) is 16.7. The van der Waals surface area contributed by atoms with Crippen molar-refractivity contribution < 1.29 is 14.3 Å². The second-order valence-corrected chi connectivity index (χ2v) is 6.25. The number of methoxy groups -OCH3 is 2. The van der Waals surface area contributed by atoms with Crippen LogP contribution in [-0.2, 0) is 4.79 Å². The fraction of sp³-hybridized carbons (Fsp3) is 0.250. The molecule has 0 atom stereocenters. The normalized spacial score (nSPS) is 11.3. The minimum absolute atomic E-state index is 0.220. The Morgan fingerprint density at radius 1 is 1.19 bits per heavy atom. The molecule has 3 rings (SSSR count). The predicted molar refractivity (Wildman–Crippen MR) is 105 cm³/mol. The number of aromatic nitrogens is 3. The van der Waals surface area contributed by atoms with Gasteiger partial charge in [0.1, 0.15) is 11.5 Å². The van der Waals surface area contributed by atoms with Gasteiger partial charge in [-0.05, 0) is 38.1 Å². The third-order valence-corrected chi connectivity index (χ3v) is 4.04. The smallest absolute Gasteiger partial charge is 0.248 e. The highest BCUT2D eigenvalue weighted by molar-refractivity contribution is 6.02. The largest absolute Gasteiger partial charge is 0.497 e. The number of rotatable bonds is 6. The van der Waals surface area contributed by atoms with Gasteiger partial charge in [-0.3, -0.25) is 4.79 Å². The van der Waals surface area contributed by atoms with Gasteiger partial charge in [-0.15, -0.1) is 0 Å². The number of nitrogens with zero attached hydrogens (tertiary/aromatic N) is 3. The van der Waals surface area contributed by atoms with Crippen LogP contribution in [0.15, 0.2) is 42.7 Å². The number of carbonyl (C=O) groups is 1. The number of fused-ring (bicyclic) bond motifs is 1. The molecule has 140 valence electrons. The van der Waals surface area contributed by atoms with E-state index in [0.717, 1.165) is 16.6 Å². The van der Waals surface area contributed by atoms with Crippen LogP contribution in [0.2, 0.25) is 0 Å². The highest BCUT2D eigenvalue weighted by Gasteiger charge is 2.09. The first-order chi connectivity index (χ1) is 13.0. The molecular weight excluding hydrogens is 344 g/mol. The van der Waals surface area contributed by atoms with E-state index in [2.05, 4.69) is 15.4 Å². The van der Waals surface area contributed by atoms with Crippen LogP contribution < -0.4 is 14.8 Å². The van der Waals surface area contributed by atoms with Crippen LogP contribution >= 0.6 is 0 Å². The van der Waals surface area contributed by atoms with Crippen molar-refractivity contribution in [1.82, 2.24) is 14.8 Å². The maximum atomic E-state index is 12.2. The van der Waals surface area contributed by atoms with E-state index < -0.39 is 0 Å². The zero-order valence-electron chi connectivity index (χ0n) is 15.8. The van der Waals surface area contributed by atoms with Crippen LogP contribution in [0.4, 0.5) is 5.69 Å². The summed E-state index contributed by atoms with van der Waals surface area (Å²) in [6, 6.07) is 7.48. The molecule has 1 N–H and O–H groups in total. The van der Waals surface area contributed by atoms with Crippen molar-refractivity contribution in [3.05, 3.63) is 48.3 Å². The number of carbonyl (C=O) groups excluding carboxylic acids is 1. The molecule has 2 aromatic heterocycles. The Bertz CT molecular complexity index is 992. The fourth-order valence-electron chi connectivity index (χ4n) is 2.69. The molecule has 0 aliphatic carbocycles. The monoisotopic (exact) mass is 366 g/mol. The topological polar surface area (TPSA) is 78.3 Å². The minimum atomic E-state index is -0.259. The van der Waals surface area contributed by atoms with Crippen molar-refractivity contribution in [2.24, 2.45) is 0 Å². The zero-order valence-corrected chi connectivity index (χ0v) is 15.8. The van der Waals surface area contributed by atoms with Gasteiger partial charge in [0.15, 0.2) is 5.65 Å². The van der Waals surface area contributed by atoms with E-state index in [9.17, 15) is 4.79 Å². The lowest BCUT2D eigenvalue weighted by Gasteiger charge is -2.08. The van der Waals surface area contributed by atoms with Crippen molar-refractivity contribution in [2.45, 2.75) is 19.9 Å². The molecule has 2 heterocycles. The number of benzene rings is 1. The lowest BCUT2D eigenvalue weighted by atomic mass is 10.1. The van der Waals surface area contributed by atoms with Gasteiger partial charge in [-0.25, -0.2) is 9.67 Å². The first-order valence-corrected chi connectivity index (χ1v) is 8.56. The highest BCUT2D eigenvalue weighted by atomic mass is 16.5. The number of anilines is 1. The van der Waals surface area contributed by atoms with E-state index in [-0.39, 0.29) is 11.9 Å². The number of hydrogen-bond acceptors (Lipinski definition) is 5. The standard InChI is InChI=1S/C20H22N4O3/c1-13(2)24-20-15(11-22-24)9-16(12-21-20)23-19(25)8-6-14-5-7-17(26-3)10-18(14)27-4/h5-13H,1-4H3,(H,23,25)/b8-6+. The molecular formula is C20H22N4O3. The Morgan fingerprint density at radius 3 is 2.70 bits per heavy atom. The van der Waals surface area contributed by atoms with Crippen LogP contribution in [0, 0.1) is 0 Å². The Hall–Kier alpha value is -3.35. The van der Waals surface area contributed by atoms with Crippen LogP contribution in [0.1, 0.15) is 25.5 Å². The Morgan fingerprint density at radius 2 is 2.00 bits per heavy atom. The summed E-state index contributed by atoms with van der Waals surface area (Å²) >= 11 is 0. The summed E-state index contributed by atoms with van der Waals surface area (Å²) in [5.41, 5.74) is 2.18. The van der Waals surface area contributed by atoms with E-state index in [1.165, 1.54) is 6.08 Å². The molecule has 0 unspecified atom stereocenters. The van der Waals surface area contributed by atoms with Crippen LogP contribution in [0.25, 0.3) is 17.1 Å². The fourth-order valence-corrected chi connectivity index (χ4v) is 2.69. The molecule has 1 aromatic carbocycles. The summed E-state index contributed by atoms with van der Waals surface area (Å²) in [6.45, 7) is 4.09. The van der Waals surface area contributed by atoms with Crippen molar-refractivity contribution >= 4 is 28.7 Å². The summed E-state index contributed by atoms with van der Waals surface area (Å²) in [5, 5.41) is 8.02. The van der Waals surface area contributed by atoms with Crippen LogP contribution in [0.5, 0.6) is 11.5 Å². The van der Waals surface area contributed by atoms with Gasteiger partial charge in [-0.1, -0.05) is 0 Å². The summed E-state index contributed by atoms with van der Waals surface area (Å²) in [6.07, 6.45) is 6.51. The second-order valence-electron chi connectivity index (χ2n) is 6.25. The van der Waals surface area contributed by atoms with Crippen molar-refractivity contribution in [3.63, 3.8) is 0 Å². The van der Waals surface area contributed by atoms with Crippen molar-refractivity contribution in [2.75, 3.05) is 19.5 Å². The van der Waals surface area contributed by atoms with Crippen LogP contribution in [-0.4, -0.2) is 34.9 Å². The summed E-state index contributed by atoms with van der Waals surface area (Å²) in [5.74, 6) is 1.06. The van der Waals surface area contributed by atoms with Crippen molar-refractivity contribution in [3.8, 4) is 11.5 Å². The van der Waals surface area contributed by atoms with E-state index in [1.54, 1.807) is 38.8 Å². The quantitative estimate of drug-likeness (QED) is 0.673. The maximum Gasteiger partial charge on any atom is 0.248 e. The van der Waals surface area contributed by atoms with Crippen LogP contribution in [0.3, 0.4) is 0 Å². The molecule has 0 aliphatic rings. The summed E-state index contributed by atoms with van der Waals surface area (Å²) in [7, 11) is 3.16. The molecule has 0 bridgehead atoms. The Labute approximate surface area is 157 Å². The average molecular weight is 366 g/mol. The van der Waals surface area contributed by atoms with Crippen molar-refractivity contribution in [1.29, 1.82) is 0 Å². The zero-order chi connectivity index (χ0) is 19.4. The molecule has 0 fully saturated rings. The molecule has 0 radical (unpaired) electrons. The number of nitrogens with one attached hydrogen (secondary N) is 1.